The molecule has 30 heavy (non-hydrogen) atoms. The van der Waals surface area contributed by atoms with Crippen LogP contribution in [0.1, 0.15) is 52.9 Å². The zero-order valence-corrected chi connectivity index (χ0v) is 18.2. The molecule has 1 spiro atoms. The molecule has 2 aromatic heterocycles. The number of ether oxygens (including phenoxy) is 1. The second-order valence-corrected chi connectivity index (χ2v) is 9.85. The molecule has 1 atom stereocenters. The fourth-order valence-electron chi connectivity index (χ4n) is 5.04. The first-order valence-corrected chi connectivity index (χ1v) is 10.6. The van der Waals surface area contributed by atoms with Gasteiger partial charge in [0.15, 0.2) is 5.65 Å². The van der Waals surface area contributed by atoms with Gasteiger partial charge in [-0.3, -0.25) is 14.0 Å². The lowest BCUT2D eigenvalue weighted by Gasteiger charge is -2.52. The van der Waals surface area contributed by atoms with Crippen molar-refractivity contribution in [2.75, 3.05) is 13.1 Å². The predicted molar refractivity (Wildman–Crippen MR) is 111 cm³/mol. The van der Waals surface area contributed by atoms with Gasteiger partial charge in [-0.1, -0.05) is 12.8 Å². The first kappa shape index (κ1) is 20.8. The quantitative estimate of drug-likeness (QED) is 0.802. The van der Waals surface area contributed by atoms with Gasteiger partial charge < -0.3 is 14.7 Å². The third-order valence-corrected chi connectivity index (χ3v) is 6.64. The van der Waals surface area contributed by atoms with Crippen LogP contribution in [0, 0.1) is 5.41 Å². The molecule has 3 heterocycles. The van der Waals surface area contributed by atoms with Crippen molar-refractivity contribution in [3.8, 4) is 0 Å². The zero-order chi connectivity index (χ0) is 21.7. The molecule has 2 aromatic rings. The van der Waals surface area contributed by atoms with Gasteiger partial charge in [-0.25, -0.2) is 9.78 Å². The summed E-state index contributed by atoms with van der Waals surface area (Å²) in [7, 11) is 1.74. The number of rotatable bonds is 2. The first-order chi connectivity index (χ1) is 14.0. The molecule has 4 rings (SSSR count). The summed E-state index contributed by atoms with van der Waals surface area (Å²) in [5.74, 6) is 0. The highest BCUT2D eigenvalue weighted by Gasteiger charge is 2.56. The molecular formula is C21H31N5O4. The predicted octanol–water partition coefficient (Wildman–Crippen LogP) is 2.06. The SMILES string of the molecule is Cn1ncc2c(=O)n(CC3(O)CCN(C(=O)OC(C)(C)C)CC34CCCC4)cnc21. The summed E-state index contributed by atoms with van der Waals surface area (Å²) in [5, 5.41) is 16.4. The highest BCUT2D eigenvalue weighted by atomic mass is 16.6. The number of piperidine rings is 1. The summed E-state index contributed by atoms with van der Waals surface area (Å²) < 4.78 is 8.62. The molecule has 1 N–H and O–H groups in total. The van der Waals surface area contributed by atoms with Gasteiger partial charge in [0, 0.05) is 25.6 Å². The molecule has 2 fully saturated rings. The van der Waals surface area contributed by atoms with Crippen molar-refractivity contribution in [2.45, 2.75) is 70.6 Å². The zero-order valence-electron chi connectivity index (χ0n) is 18.2. The molecule has 9 nitrogen and oxygen atoms in total. The molecule has 0 radical (unpaired) electrons. The van der Waals surface area contributed by atoms with E-state index in [1.807, 2.05) is 20.8 Å². The number of hydrogen-bond donors (Lipinski definition) is 1. The molecule has 164 valence electrons. The minimum atomic E-state index is -1.09. The summed E-state index contributed by atoms with van der Waals surface area (Å²) in [6, 6.07) is 0. The number of fused-ring (bicyclic) bond motifs is 1. The maximum absolute atomic E-state index is 13.0. The van der Waals surface area contributed by atoms with E-state index < -0.39 is 16.6 Å². The summed E-state index contributed by atoms with van der Waals surface area (Å²) in [5.41, 5.74) is -1.79. The third-order valence-electron chi connectivity index (χ3n) is 6.64. The van der Waals surface area contributed by atoms with Crippen LogP contribution in [0.25, 0.3) is 11.0 Å². The largest absolute Gasteiger partial charge is 0.444 e. The number of nitrogens with zero attached hydrogens (tertiary/aromatic N) is 5. The van der Waals surface area contributed by atoms with Crippen molar-refractivity contribution in [2.24, 2.45) is 12.5 Å². The molecule has 1 saturated heterocycles. The smallest absolute Gasteiger partial charge is 0.410 e. The Hall–Kier alpha value is -2.42. The second-order valence-electron chi connectivity index (χ2n) is 9.85. The van der Waals surface area contributed by atoms with Gasteiger partial charge in [0.2, 0.25) is 0 Å². The topological polar surface area (TPSA) is 102 Å². The Morgan fingerprint density at radius 3 is 2.63 bits per heavy atom. The summed E-state index contributed by atoms with van der Waals surface area (Å²) in [6.45, 7) is 6.55. The lowest BCUT2D eigenvalue weighted by Crippen LogP contribution is -2.62. The molecule has 1 unspecified atom stereocenters. The monoisotopic (exact) mass is 417 g/mol. The average molecular weight is 418 g/mol. The van der Waals surface area contributed by atoms with Gasteiger partial charge in [-0.05, 0) is 40.0 Å². The molecule has 1 aliphatic heterocycles. The molecule has 0 aromatic carbocycles. The number of hydrogen-bond acceptors (Lipinski definition) is 6. The van der Waals surface area contributed by atoms with Crippen LogP contribution in [-0.2, 0) is 18.3 Å². The van der Waals surface area contributed by atoms with Gasteiger partial charge in [-0.15, -0.1) is 0 Å². The average Bonchev–Trinajstić information content (AvgIpc) is 3.27. The van der Waals surface area contributed by atoms with Crippen molar-refractivity contribution < 1.29 is 14.6 Å². The van der Waals surface area contributed by atoms with E-state index in [2.05, 4.69) is 10.1 Å². The van der Waals surface area contributed by atoms with Crippen molar-refractivity contribution >= 4 is 17.1 Å². The number of aryl methyl sites for hydroxylation is 1. The number of amides is 1. The van der Waals surface area contributed by atoms with E-state index in [0.717, 1.165) is 25.7 Å². The van der Waals surface area contributed by atoms with E-state index in [1.54, 1.807) is 16.6 Å². The Kier molecular flexibility index (Phi) is 4.91. The van der Waals surface area contributed by atoms with E-state index in [4.69, 9.17) is 4.74 Å². The minimum Gasteiger partial charge on any atom is -0.444 e. The number of carbonyl (C=O) groups excluding carboxylic acids is 1. The van der Waals surface area contributed by atoms with Crippen LogP contribution >= 0.6 is 0 Å². The van der Waals surface area contributed by atoms with Crippen molar-refractivity contribution in [3.63, 3.8) is 0 Å². The van der Waals surface area contributed by atoms with Crippen molar-refractivity contribution in [1.29, 1.82) is 0 Å². The first-order valence-electron chi connectivity index (χ1n) is 10.6. The Labute approximate surface area is 175 Å². The summed E-state index contributed by atoms with van der Waals surface area (Å²) in [4.78, 5) is 31.7. The van der Waals surface area contributed by atoms with E-state index in [0.29, 0.717) is 30.5 Å². The maximum atomic E-state index is 13.0. The van der Waals surface area contributed by atoms with E-state index in [-0.39, 0.29) is 18.2 Å². The van der Waals surface area contributed by atoms with Crippen LogP contribution in [0.5, 0.6) is 0 Å². The molecule has 2 aliphatic rings. The Balaban J connectivity index is 1.62. The van der Waals surface area contributed by atoms with Gasteiger partial charge in [0.05, 0.1) is 18.3 Å². The number of aromatic nitrogens is 4. The van der Waals surface area contributed by atoms with Crippen molar-refractivity contribution in [3.05, 3.63) is 22.9 Å². The van der Waals surface area contributed by atoms with Crippen LogP contribution in [-0.4, -0.2) is 59.7 Å². The van der Waals surface area contributed by atoms with Crippen LogP contribution < -0.4 is 5.56 Å². The summed E-state index contributed by atoms with van der Waals surface area (Å²) in [6.07, 6.45) is 6.70. The van der Waals surface area contributed by atoms with Crippen LogP contribution in [0.15, 0.2) is 17.3 Å². The Morgan fingerprint density at radius 1 is 1.27 bits per heavy atom. The van der Waals surface area contributed by atoms with Crippen molar-refractivity contribution in [1.82, 2.24) is 24.2 Å². The molecule has 1 aliphatic carbocycles. The second kappa shape index (κ2) is 7.08. The van der Waals surface area contributed by atoms with E-state index in [9.17, 15) is 14.7 Å². The molecular weight excluding hydrogens is 386 g/mol. The van der Waals surface area contributed by atoms with Gasteiger partial charge in [0.25, 0.3) is 5.56 Å². The molecule has 1 saturated carbocycles. The fourth-order valence-corrected chi connectivity index (χ4v) is 5.04. The third kappa shape index (κ3) is 3.49. The number of carbonyl (C=O) groups is 1. The maximum Gasteiger partial charge on any atom is 0.410 e. The Bertz CT molecular complexity index is 1010. The highest BCUT2D eigenvalue weighted by Crippen LogP contribution is 2.51. The fraction of sp³-hybridized carbons (Fsp3) is 0.714. The van der Waals surface area contributed by atoms with Gasteiger partial charge in [0.1, 0.15) is 17.3 Å². The number of likely N-dealkylation sites (tertiary alicyclic amines) is 1. The van der Waals surface area contributed by atoms with Gasteiger partial charge >= 0.3 is 6.09 Å². The van der Waals surface area contributed by atoms with Gasteiger partial charge in [-0.2, -0.15) is 5.10 Å². The van der Waals surface area contributed by atoms with Crippen LogP contribution in [0.2, 0.25) is 0 Å². The molecule has 0 bridgehead atoms. The standard InChI is InChI=1S/C21H31N5O4/c1-19(2,3)30-18(28)25-10-9-21(29,20(12-25)7-5-6-8-20)13-26-14-22-16-15(17(26)27)11-23-24(16)4/h11,14,29H,5-10,12-13H2,1-4H3. The minimum absolute atomic E-state index is 0.159. The Morgan fingerprint density at radius 2 is 1.97 bits per heavy atom. The normalized spacial score (nSPS) is 24.0. The summed E-state index contributed by atoms with van der Waals surface area (Å²) >= 11 is 0. The molecule has 9 heteroatoms. The van der Waals surface area contributed by atoms with E-state index in [1.165, 1.54) is 17.1 Å². The van der Waals surface area contributed by atoms with Crippen LogP contribution in [0.3, 0.4) is 0 Å². The lowest BCUT2D eigenvalue weighted by molar-refractivity contribution is -0.140. The highest BCUT2D eigenvalue weighted by molar-refractivity contribution is 5.72. The number of aliphatic hydroxyl groups is 1. The van der Waals surface area contributed by atoms with E-state index >= 15 is 0 Å². The lowest BCUT2D eigenvalue weighted by atomic mass is 9.66. The molecule has 1 amide bonds. The van der Waals surface area contributed by atoms with Crippen LogP contribution in [0.4, 0.5) is 4.79 Å².